The van der Waals surface area contributed by atoms with Crippen molar-refractivity contribution >= 4 is 23.0 Å². The fraction of sp³-hybridized carbons (Fsp3) is 0. The third-order valence-electron chi connectivity index (χ3n) is 2.67. The van der Waals surface area contributed by atoms with E-state index in [0.29, 0.717) is 11.6 Å². The van der Waals surface area contributed by atoms with Crippen molar-refractivity contribution in [2.24, 2.45) is 10.2 Å². The van der Waals surface area contributed by atoms with Crippen molar-refractivity contribution in [2.45, 2.75) is 0 Å². The fourth-order valence-corrected chi connectivity index (χ4v) is 1.70. The van der Waals surface area contributed by atoms with Crippen LogP contribution in [0.4, 0.5) is 23.0 Å². The number of anilines is 2. The molecule has 6 nitrogen and oxygen atoms in total. The van der Waals surface area contributed by atoms with Gasteiger partial charge in [0.25, 0.3) is 0 Å². The number of hydrogen-bond acceptors (Lipinski definition) is 6. The smallest absolute Gasteiger partial charge is 0.230 e. The van der Waals surface area contributed by atoms with Gasteiger partial charge in [-0.2, -0.15) is 5.11 Å². The predicted octanol–water partition coefficient (Wildman–Crippen LogP) is 4.03. The summed E-state index contributed by atoms with van der Waals surface area (Å²) in [5.41, 5.74) is 2.29. The second-order valence-corrected chi connectivity index (χ2v) is 4.14. The van der Waals surface area contributed by atoms with Crippen LogP contribution in [0, 0.1) is 0 Å². The second-order valence-electron chi connectivity index (χ2n) is 4.14. The molecule has 1 N–H and O–H groups in total. The molecule has 0 fully saturated rings. The van der Waals surface area contributed by atoms with E-state index in [1.54, 1.807) is 0 Å². The lowest BCUT2D eigenvalue weighted by atomic mass is 10.3. The zero-order valence-electron chi connectivity index (χ0n) is 11.1. The molecule has 1 heterocycles. The quantitative estimate of drug-likeness (QED) is 0.730. The normalized spacial score (nSPS) is 10.7. The first-order valence-corrected chi connectivity index (χ1v) is 6.37. The van der Waals surface area contributed by atoms with Gasteiger partial charge in [-0.05, 0) is 24.3 Å². The minimum absolute atomic E-state index is 0.465. The zero-order valence-corrected chi connectivity index (χ0v) is 11.1. The second kappa shape index (κ2) is 6.33. The van der Waals surface area contributed by atoms with Crippen LogP contribution >= 0.6 is 0 Å². The third-order valence-corrected chi connectivity index (χ3v) is 2.67. The van der Waals surface area contributed by atoms with Crippen LogP contribution in [0.1, 0.15) is 0 Å². The molecule has 1 aromatic heterocycles. The van der Waals surface area contributed by atoms with Crippen LogP contribution in [0.5, 0.6) is 0 Å². The highest BCUT2D eigenvalue weighted by atomic mass is 15.2. The van der Waals surface area contributed by atoms with E-state index < -0.39 is 0 Å². The van der Waals surface area contributed by atoms with E-state index in [1.165, 1.54) is 12.7 Å². The molecule has 0 bridgehead atoms. The van der Waals surface area contributed by atoms with Gasteiger partial charge in [0.1, 0.15) is 18.3 Å². The summed E-state index contributed by atoms with van der Waals surface area (Å²) in [6.07, 6.45) is 2.87. The third kappa shape index (κ3) is 3.44. The molecule has 0 spiro atoms. The molecule has 6 heteroatoms. The standard InChI is InChI=1S/C15H12N6/c1-2-6-12(7-3-1)20-21-14-9-5-4-8-13(14)19-15-17-10-16-11-18-15/h1-11H,(H,16,17,18,19). The Balaban J connectivity index is 1.84. The van der Waals surface area contributed by atoms with Gasteiger partial charge in [-0.15, -0.1) is 5.11 Å². The van der Waals surface area contributed by atoms with E-state index in [-0.39, 0.29) is 0 Å². The summed E-state index contributed by atoms with van der Waals surface area (Å²) in [7, 11) is 0. The number of nitrogens with zero attached hydrogens (tertiary/aromatic N) is 5. The molecular weight excluding hydrogens is 264 g/mol. The Morgan fingerprint density at radius 2 is 1.48 bits per heavy atom. The number of hydrogen-bond donors (Lipinski definition) is 1. The number of aromatic nitrogens is 3. The van der Waals surface area contributed by atoms with Gasteiger partial charge in [-0.1, -0.05) is 30.3 Å². The maximum absolute atomic E-state index is 4.26. The molecule has 0 aliphatic rings. The Morgan fingerprint density at radius 3 is 2.29 bits per heavy atom. The molecule has 0 unspecified atom stereocenters. The monoisotopic (exact) mass is 276 g/mol. The van der Waals surface area contributed by atoms with E-state index in [4.69, 9.17) is 0 Å². The van der Waals surface area contributed by atoms with Crippen LogP contribution in [-0.2, 0) is 0 Å². The van der Waals surface area contributed by atoms with E-state index in [1.807, 2.05) is 54.6 Å². The Kier molecular flexibility index (Phi) is 3.88. The average molecular weight is 276 g/mol. The van der Waals surface area contributed by atoms with Crippen molar-refractivity contribution in [1.29, 1.82) is 0 Å². The lowest BCUT2D eigenvalue weighted by molar-refractivity contribution is 1.05. The molecule has 3 aromatic rings. The number of azo groups is 1. The minimum Gasteiger partial charge on any atom is -0.322 e. The molecule has 3 rings (SSSR count). The van der Waals surface area contributed by atoms with Crippen molar-refractivity contribution in [3.8, 4) is 0 Å². The summed E-state index contributed by atoms with van der Waals surface area (Å²) in [6, 6.07) is 17.1. The number of rotatable bonds is 4. The van der Waals surface area contributed by atoms with E-state index in [9.17, 15) is 0 Å². The lowest BCUT2D eigenvalue weighted by Crippen LogP contribution is -1.96. The summed E-state index contributed by atoms with van der Waals surface area (Å²) in [5.74, 6) is 0.465. The van der Waals surface area contributed by atoms with E-state index >= 15 is 0 Å². The molecule has 102 valence electrons. The molecule has 0 saturated heterocycles. The van der Waals surface area contributed by atoms with Crippen molar-refractivity contribution in [1.82, 2.24) is 15.0 Å². The van der Waals surface area contributed by atoms with Crippen molar-refractivity contribution < 1.29 is 0 Å². The summed E-state index contributed by atoms with van der Waals surface area (Å²) in [5, 5.41) is 11.6. The maximum atomic E-state index is 4.26. The van der Waals surface area contributed by atoms with E-state index in [2.05, 4.69) is 30.5 Å². The van der Waals surface area contributed by atoms with Gasteiger partial charge in [0.2, 0.25) is 5.95 Å². The minimum atomic E-state index is 0.465. The number of para-hydroxylation sites is 1. The summed E-state index contributed by atoms with van der Waals surface area (Å²) < 4.78 is 0. The van der Waals surface area contributed by atoms with Crippen LogP contribution in [0.25, 0.3) is 0 Å². The summed E-state index contributed by atoms with van der Waals surface area (Å²) in [4.78, 5) is 11.8. The molecule has 0 aliphatic heterocycles. The van der Waals surface area contributed by atoms with Gasteiger partial charge in [0.05, 0.1) is 11.4 Å². The predicted molar refractivity (Wildman–Crippen MR) is 80.2 cm³/mol. The van der Waals surface area contributed by atoms with Crippen LogP contribution in [0.15, 0.2) is 77.5 Å². The maximum Gasteiger partial charge on any atom is 0.230 e. The average Bonchev–Trinajstić information content (AvgIpc) is 2.56. The van der Waals surface area contributed by atoms with Gasteiger partial charge in [-0.3, -0.25) is 0 Å². The topological polar surface area (TPSA) is 75.4 Å². The van der Waals surface area contributed by atoms with E-state index in [0.717, 1.165) is 11.4 Å². The lowest BCUT2D eigenvalue weighted by Gasteiger charge is -2.06. The van der Waals surface area contributed by atoms with Crippen molar-refractivity contribution in [2.75, 3.05) is 5.32 Å². The van der Waals surface area contributed by atoms with Gasteiger partial charge < -0.3 is 5.32 Å². The molecule has 0 atom stereocenters. The van der Waals surface area contributed by atoms with Crippen LogP contribution in [0.3, 0.4) is 0 Å². The van der Waals surface area contributed by atoms with Gasteiger partial charge >= 0.3 is 0 Å². The Labute approximate surface area is 121 Å². The first-order chi connectivity index (χ1) is 10.4. The van der Waals surface area contributed by atoms with Crippen molar-refractivity contribution in [3.63, 3.8) is 0 Å². The largest absolute Gasteiger partial charge is 0.322 e. The zero-order chi connectivity index (χ0) is 14.3. The van der Waals surface area contributed by atoms with Crippen LogP contribution < -0.4 is 5.32 Å². The van der Waals surface area contributed by atoms with Gasteiger partial charge in [-0.25, -0.2) is 15.0 Å². The van der Waals surface area contributed by atoms with Gasteiger partial charge in [0.15, 0.2) is 0 Å². The highest BCUT2D eigenvalue weighted by Crippen LogP contribution is 2.28. The van der Waals surface area contributed by atoms with Gasteiger partial charge in [0, 0.05) is 0 Å². The Bertz CT molecular complexity index is 727. The SMILES string of the molecule is c1ccc(N=Nc2ccccc2Nc2ncncn2)cc1. The molecule has 21 heavy (non-hydrogen) atoms. The molecule has 0 saturated carbocycles. The number of benzene rings is 2. The molecule has 0 aliphatic carbocycles. The first kappa shape index (κ1) is 12.9. The molecule has 0 amide bonds. The first-order valence-electron chi connectivity index (χ1n) is 6.37. The Morgan fingerprint density at radius 1 is 0.762 bits per heavy atom. The fourth-order valence-electron chi connectivity index (χ4n) is 1.70. The molecule has 2 aromatic carbocycles. The Hall–Kier alpha value is -3.15. The number of nitrogens with one attached hydrogen (secondary N) is 1. The highest BCUT2D eigenvalue weighted by molar-refractivity contribution is 5.69. The molecule has 0 radical (unpaired) electrons. The van der Waals surface area contributed by atoms with Crippen LogP contribution in [-0.4, -0.2) is 15.0 Å². The highest BCUT2D eigenvalue weighted by Gasteiger charge is 2.02. The molecular formula is C15H12N6. The summed E-state index contributed by atoms with van der Waals surface area (Å²) >= 11 is 0. The van der Waals surface area contributed by atoms with Crippen LogP contribution in [0.2, 0.25) is 0 Å². The summed E-state index contributed by atoms with van der Waals surface area (Å²) in [6.45, 7) is 0. The van der Waals surface area contributed by atoms with Crippen molar-refractivity contribution in [3.05, 3.63) is 67.3 Å².